The van der Waals surface area contributed by atoms with Crippen LogP contribution in [0.2, 0.25) is 0 Å². The van der Waals surface area contributed by atoms with Gasteiger partial charge in [0, 0.05) is 18.7 Å². The smallest absolute Gasteiger partial charge is 0.243 e. The number of nitrogens with one attached hydrogen (secondary N) is 2. The number of carbonyl (C=O) groups excluding carboxylic acids is 1. The highest BCUT2D eigenvalue weighted by Crippen LogP contribution is 2.16. The van der Waals surface area contributed by atoms with Gasteiger partial charge < -0.3 is 14.6 Å². The van der Waals surface area contributed by atoms with Crippen molar-refractivity contribution < 1.29 is 14.1 Å². The van der Waals surface area contributed by atoms with E-state index in [1.54, 1.807) is 13.0 Å². The Bertz CT molecular complexity index is 427. The Kier molecular flexibility index (Phi) is 4.55. The normalized spacial score (nSPS) is 22.2. The van der Waals surface area contributed by atoms with Crippen molar-refractivity contribution >= 4 is 11.8 Å². The lowest BCUT2D eigenvalue weighted by Crippen LogP contribution is -2.47. The van der Waals surface area contributed by atoms with Crippen LogP contribution in [0, 0.1) is 6.92 Å². The third-order valence-electron chi connectivity index (χ3n) is 3.30. The van der Waals surface area contributed by atoms with Gasteiger partial charge in [0.15, 0.2) is 0 Å². The lowest BCUT2D eigenvalue weighted by atomic mass is 10.1. The number of nitrogens with zero attached hydrogens (tertiary/aromatic N) is 1. The molecule has 1 saturated heterocycles. The number of anilines is 1. The van der Waals surface area contributed by atoms with Gasteiger partial charge in [-0.05, 0) is 33.6 Å². The molecule has 0 spiro atoms. The molecule has 2 rings (SSSR count). The standard InChI is InChI=1S/C13H21N3O3/c1-8-7-12(19-16-8)15-13(17)10(3)14-9(2)11-5-4-6-18-11/h7,9-11,14H,4-6H2,1-3H3,(H,15,17)/t9-,10+,11+/m1/s1. The van der Waals surface area contributed by atoms with Crippen molar-refractivity contribution in [1.29, 1.82) is 0 Å². The number of aryl methyl sites for hydroxylation is 1. The first-order valence-corrected chi connectivity index (χ1v) is 6.68. The molecule has 1 aliphatic rings. The Balaban J connectivity index is 1.81. The van der Waals surface area contributed by atoms with Crippen LogP contribution in [0.5, 0.6) is 0 Å². The minimum Gasteiger partial charge on any atom is -0.377 e. The number of ether oxygens (including phenoxy) is 1. The Morgan fingerprint density at radius 3 is 2.89 bits per heavy atom. The fourth-order valence-electron chi connectivity index (χ4n) is 2.23. The minimum atomic E-state index is -0.315. The van der Waals surface area contributed by atoms with Gasteiger partial charge in [0.05, 0.1) is 17.8 Å². The van der Waals surface area contributed by atoms with Crippen LogP contribution >= 0.6 is 0 Å². The minimum absolute atomic E-state index is 0.138. The first kappa shape index (κ1) is 14.0. The molecule has 1 aromatic rings. The highest BCUT2D eigenvalue weighted by Gasteiger charge is 2.25. The quantitative estimate of drug-likeness (QED) is 0.844. The zero-order chi connectivity index (χ0) is 13.8. The Morgan fingerprint density at radius 2 is 2.32 bits per heavy atom. The first-order chi connectivity index (χ1) is 9.06. The van der Waals surface area contributed by atoms with E-state index in [4.69, 9.17) is 9.26 Å². The molecular formula is C13H21N3O3. The van der Waals surface area contributed by atoms with Gasteiger partial charge in [-0.15, -0.1) is 0 Å². The van der Waals surface area contributed by atoms with E-state index in [1.807, 2.05) is 13.8 Å². The van der Waals surface area contributed by atoms with Gasteiger partial charge in [-0.2, -0.15) is 0 Å². The van der Waals surface area contributed by atoms with Crippen molar-refractivity contribution in [3.63, 3.8) is 0 Å². The van der Waals surface area contributed by atoms with Crippen LogP contribution in [0.4, 0.5) is 5.88 Å². The molecule has 2 N–H and O–H groups in total. The fraction of sp³-hybridized carbons (Fsp3) is 0.692. The van der Waals surface area contributed by atoms with Gasteiger partial charge in [-0.1, -0.05) is 5.16 Å². The van der Waals surface area contributed by atoms with Crippen LogP contribution in [-0.2, 0) is 9.53 Å². The van der Waals surface area contributed by atoms with Crippen LogP contribution in [-0.4, -0.2) is 35.9 Å². The summed E-state index contributed by atoms with van der Waals surface area (Å²) in [6.07, 6.45) is 2.33. The Morgan fingerprint density at radius 1 is 1.53 bits per heavy atom. The first-order valence-electron chi connectivity index (χ1n) is 6.68. The third-order valence-corrected chi connectivity index (χ3v) is 3.30. The summed E-state index contributed by atoms with van der Waals surface area (Å²) in [7, 11) is 0. The van der Waals surface area contributed by atoms with Crippen molar-refractivity contribution in [3.8, 4) is 0 Å². The van der Waals surface area contributed by atoms with Crippen molar-refractivity contribution in [3.05, 3.63) is 11.8 Å². The number of aromatic nitrogens is 1. The van der Waals surface area contributed by atoms with E-state index in [2.05, 4.69) is 15.8 Å². The van der Waals surface area contributed by atoms with E-state index >= 15 is 0 Å². The zero-order valence-electron chi connectivity index (χ0n) is 11.6. The summed E-state index contributed by atoms with van der Waals surface area (Å²) in [5, 5.41) is 9.66. The second-order valence-electron chi connectivity index (χ2n) is 5.05. The second kappa shape index (κ2) is 6.16. The number of carbonyl (C=O) groups is 1. The van der Waals surface area contributed by atoms with E-state index in [1.165, 1.54) is 0 Å². The molecule has 1 aliphatic heterocycles. The summed E-state index contributed by atoms with van der Waals surface area (Å²) >= 11 is 0. The van der Waals surface area contributed by atoms with Crippen molar-refractivity contribution in [1.82, 2.24) is 10.5 Å². The van der Waals surface area contributed by atoms with Gasteiger partial charge in [0.25, 0.3) is 0 Å². The van der Waals surface area contributed by atoms with Gasteiger partial charge >= 0.3 is 0 Å². The molecule has 19 heavy (non-hydrogen) atoms. The predicted octanol–water partition coefficient (Wildman–Crippen LogP) is 1.47. The largest absolute Gasteiger partial charge is 0.377 e. The average molecular weight is 267 g/mol. The summed E-state index contributed by atoms with van der Waals surface area (Å²) < 4.78 is 10.5. The lowest BCUT2D eigenvalue weighted by Gasteiger charge is -2.23. The maximum atomic E-state index is 12.0. The molecule has 0 bridgehead atoms. The second-order valence-corrected chi connectivity index (χ2v) is 5.05. The van der Waals surface area contributed by atoms with Gasteiger partial charge in [-0.25, -0.2) is 0 Å². The molecule has 6 heteroatoms. The summed E-state index contributed by atoms with van der Waals surface area (Å²) in [6.45, 7) is 6.48. The number of hydrogen-bond donors (Lipinski definition) is 2. The summed E-state index contributed by atoms with van der Waals surface area (Å²) in [6, 6.07) is 1.53. The van der Waals surface area contributed by atoms with Crippen LogP contribution in [0.15, 0.2) is 10.6 Å². The molecule has 2 heterocycles. The van der Waals surface area contributed by atoms with Crippen LogP contribution < -0.4 is 10.6 Å². The molecule has 6 nitrogen and oxygen atoms in total. The monoisotopic (exact) mass is 267 g/mol. The zero-order valence-corrected chi connectivity index (χ0v) is 11.6. The summed E-state index contributed by atoms with van der Waals surface area (Å²) in [5.41, 5.74) is 0.739. The highest BCUT2D eigenvalue weighted by molar-refractivity contribution is 5.93. The Labute approximate surface area is 112 Å². The molecule has 1 fully saturated rings. The molecular weight excluding hydrogens is 246 g/mol. The maximum Gasteiger partial charge on any atom is 0.243 e. The molecule has 0 saturated carbocycles. The molecule has 0 radical (unpaired) electrons. The van der Waals surface area contributed by atoms with Crippen molar-refractivity contribution in [2.45, 2.75) is 51.8 Å². The van der Waals surface area contributed by atoms with E-state index in [0.29, 0.717) is 5.88 Å². The molecule has 3 atom stereocenters. The molecule has 1 amide bonds. The summed E-state index contributed by atoms with van der Waals surface area (Å²) in [5.74, 6) is 0.238. The molecule has 0 aromatic carbocycles. The fourth-order valence-corrected chi connectivity index (χ4v) is 2.23. The van der Waals surface area contributed by atoms with Crippen molar-refractivity contribution in [2.24, 2.45) is 0 Å². The van der Waals surface area contributed by atoms with Gasteiger partial charge in [0.2, 0.25) is 11.8 Å². The van der Waals surface area contributed by atoms with E-state index < -0.39 is 0 Å². The van der Waals surface area contributed by atoms with Crippen molar-refractivity contribution in [2.75, 3.05) is 11.9 Å². The van der Waals surface area contributed by atoms with Gasteiger partial charge in [0.1, 0.15) is 0 Å². The number of hydrogen-bond acceptors (Lipinski definition) is 5. The number of rotatable bonds is 5. The lowest BCUT2D eigenvalue weighted by molar-refractivity contribution is -0.118. The van der Waals surface area contributed by atoms with Crippen LogP contribution in [0.25, 0.3) is 0 Å². The van der Waals surface area contributed by atoms with E-state index in [-0.39, 0.29) is 24.1 Å². The van der Waals surface area contributed by atoms with Crippen LogP contribution in [0.1, 0.15) is 32.4 Å². The average Bonchev–Trinajstić information content (AvgIpc) is 3.00. The molecule has 106 valence electrons. The van der Waals surface area contributed by atoms with Crippen LogP contribution in [0.3, 0.4) is 0 Å². The maximum absolute atomic E-state index is 12.0. The Hall–Kier alpha value is -1.40. The van der Waals surface area contributed by atoms with Gasteiger partial charge in [-0.3, -0.25) is 10.1 Å². The molecule has 0 unspecified atom stereocenters. The topological polar surface area (TPSA) is 76.4 Å². The third kappa shape index (κ3) is 3.78. The number of amides is 1. The molecule has 0 aliphatic carbocycles. The van der Waals surface area contributed by atoms with E-state index in [0.717, 1.165) is 25.1 Å². The highest BCUT2D eigenvalue weighted by atomic mass is 16.5. The summed E-state index contributed by atoms with van der Waals surface area (Å²) in [4.78, 5) is 12.0. The SMILES string of the molecule is Cc1cc(NC(=O)[C@H](C)N[C@H](C)[C@@H]2CCCO2)on1. The molecule has 1 aromatic heterocycles. The van der Waals surface area contributed by atoms with E-state index in [9.17, 15) is 4.79 Å². The predicted molar refractivity (Wildman–Crippen MR) is 70.9 cm³/mol.